The molecule has 1 heterocycles. The second-order valence-electron chi connectivity index (χ2n) is 14.0. The van der Waals surface area contributed by atoms with Crippen molar-refractivity contribution in [2.75, 3.05) is 30.0 Å². The molecule has 2 atom stereocenters. The molecule has 1 aliphatic rings. The molecule has 0 aliphatic heterocycles. The largest absolute Gasteiger partial charge is 0.481 e. The molecule has 1 fully saturated rings. The molecule has 0 radical (unpaired) electrons. The fraction of sp³-hybridized carbons (Fsp3) is 0.579. The van der Waals surface area contributed by atoms with Crippen LogP contribution in [-0.2, 0) is 42.9 Å². The van der Waals surface area contributed by atoms with E-state index in [4.69, 9.17) is 30.5 Å². The van der Waals surface area contributed by atoms with Crippen LogP contribution >= 0.6 is 11.6 Å². The van der Waals surface area contributed by atoms with E-state index in [-0.39, 0.29) is 56.5 Å². The summed E-state index contributed by atoms with van der Waals surface area (Å²) in [5.74, 6) is -3.20. The zero-order valence-corrected chi connectivity index (χ0v) is 31.6. The highest BCUT2D eigenvalue weighted by atomic mass is 35.5. The molecule has 286 valence electrons. The average Bonchev–Trinajstić information content (AvgIpc) is 3.05. The molecular weight excluding hydrogens is 694 g/mol. The van der Waals surface area contributed by atoms with Crippen molar-refractivity contribution >= 4 is 58.5 Å². The number of anilines is 3. The molecule has 3 rings (SSSR count). The van der Waals surface area contributed by atoms with Gasteiger partial charge in [0, 0.05) is 39.3 Å². The number of pyridine rings is 1. The third kappa shape index (κ3) is 14.7. The molecule has 2 N–H and O–H groups in total. The molecule has 1 aromatic heterocycles. The lowest BCUT2D eigenvalue weighted by molar-refractivity contribution is -0.166. The minimum Gasteiger partial charge on any atom is -0.481 e. The summed E-state index contributed by atoms with van der Waals surface area (Å²) >= 11 is 6.03. The Kier molecular flexibility index (Phi) is 16.6. The van der Waals surface area contributed by atoms with Crippen LogP contribution in [0, 0.1) is 11.8 Å². The van der Waals surface area contributed by atoms with Gasteiger partial charge in [0.25, 0.3) is 0 Å². The molecule has 52 heavy (non-hydrogen) atoms. The second-order valence-corrected chi connectivity index (χ2v) is 14.4. The van der Waals surface area contributed by atoms with Crippen LogP contribution in [0.25, 0.3) is 0 Å². The van der Waals surface area contributed by atoms with Gasteiger partial charge in [-0.2, -0.15) is 0 Å². The van der Waals surface area contributed by atoms with Crippen molar-refractivity contribution in [1.29, 1.82) is 0 Å². The highest BCUT2D eigenvalue weighted by Crippen LogP contribution is 2.38. The number of rotatable bonds is 19. The number of ether oxygens (including phenoxy) is 4. The molecule has 13 nitrogen and oxygen atoms in total. The number of esters is 4. The number of hydrogen-bond donors (Lipinski definition) is 2. The fourth-order valence-electron chi connectivity index (χ4n) is 6.15. The van der Waals surface area contributed by atoms with Crippen LogP contribution in [0.5, 0.6) is 0 Å². The van der Waals surface area contributed by atoms with Crippen LogP contribution in [0.15, 0.2) is 36.5 Å². The van der Waals surface area contributed by atoms with Crippen molar-refractivity contribution in [2.24, 2.45) is 11.8 Å². The highest BCUT2D eigenvalue weighted by molar-refractivity contribution is 6.29. The van der Waals surface area contributed by atoms with Gasteiger partial charge in [-0.3, -0.25) is 24.0 Å². The summed E-state index contributed by atoms with van der Waals surface area (Å²) < 4.78 is 21.0. The number of carboxylic acid groups (broad SMARTS) is 1. The maximum Gasteiger partial charge on any atom is 0.306 e. The van der Waals surface area contributed by atoms with E-state index in [9.17, 15) is 29.1 Å². The van der Waals surface area contributed by atoms with E-state index in [1.54, 1.807) is 19.2 Å². The van der Waals surface area contributed by atoms with Crippen molar-refractivity contribution in [3.8, 4) is 0 Å². The smallest absolute Gasteiger partial charge is 0.306 e. The summed E-state index contributed by atoms with van der Waals surface area (Å²) in [4.78, 5) is 65.9. The van der Waals surface area contributed by atoms with Crippen molar-refractivity contribution < 1.29 is 48.0 Å². The molecule has 1 aliphatic carbocycles. The Bertz CT molecular complexity index is 1490. The van der Waals surface area contributed by atoms with Crippen LogP contribution in [0.1, 0.15) is 98.0 Å². The molecule has 1 unspecified atom stereocenters. The molecule has 0 amide bonds. The average molecular weight is 746 g/mol. The summed E-state index contributed by atoms with van der Waals surface area (Å²) in [6.07, 6.45) is 3.34. The lowest BCUT2D eigenvalue weighted by Gasteiger charge is -2.40. The Balaban J connectivity index is 1.63. The molecule has 14 heteroatoms. The zero-order valence-electron chi connectivity index (χ0n) is 30.9. The first-order valence-electron chi connectivity index (χ1n) is 17.8. The molecule has 0 bridgehead atoms. The van der Waals surface area contributed by atoms with Gasteiger partial charge >= 0.3 is 29.8 Å². The van der Waals surface area contributed by atoms with E-state index < -0.39 is 36.0 Å². The predicted octanol–water partition coefficient (Wildman–Crippen LogP) is 6.83. The van der Waals surface area contributed by atoms with Gasteiger partial charge in [-0.1, -0.05) is 45.4 Å². The van der Waals surface area contributed by atoms with Gasteiger partial charge < -0.3 is 34.3 Å². The van der Waals surface area contributed by atoms with Crippen LogP contribution in [0.2, 0.25) is 5.15 Å². The van der Waals surface area contributed by atoms with Gasteiger partial charge in [0.2, 0.25) is 0 Å². The number of aliphatic carboxylic acids is 1. The highest BCUT2D eigenvalue weighted by Gasteiger charge is 2.31. The number of hydrogen-bond acceptors (Lipinski definition) is 12. The summed E-state index contributed by atoms with van der Waals surface area (Å²) in [7, 11) is 0. The van der Waals surface area contributed by atoms with Gasteiger partial charge in [-0.15, -0.1) is 0 Å². The zero-order chi connectivity index (χ0) is 38.4. The number of carbonyl (C=O) groups is 5. The van der Waals surface area contributed by atoms with Gasteiger partial charge in [0.05, 0.1) is 29.7 Å². The first-order valence-corrected chi connectivity index (χ1v) is 18.1. The van der Waals surface area contributed by atoms with Crippen molar-refractivity contribution in [2.45, 2.75) is 111 Å². The van der Waals surface area contributed by atoms with Gasteiger partial charge in [-0.25, -0.2) is 4.98 Å². The lowest BCUT2D eigenvalue weighted by atomic mass is 9.90. The number of nitrogens with zero attached hydrogens (tertiary/aromatic N) is 2. The van der Waals surface area contributed by atoms with Gasteiger partial charge in [0.1, 0.15) is 24.5 Å². The van der Waals surface area contributed by atoms with E-state index in [0.29, 0.717) is 23.9 Å². The Morgan fingerprint density at radius 3 is 2.10 bits per heavy atom. The normalized spacial score (nSPS) is 16.8. The first-order chi connectivity index (χ1) is 24.6. The van der Waals surface area contributed by atoms with Crippen molar-refractivity contribution in [1.82, 2.24) is 4.98 Å². The Morgan fingerprint density at radius 1 is 0.904 bits per heavy atom. The Labute approximate surface area is 310 Å². The number of halogens is 1. The topological polar surface area (TPSA) is 171 Å². The quantitative estimate of drug-likeness (QED) is 0.0872. The summed E-state index contributed by atoms with van der Waals surface area (Å²) in [6.45, 7) is 10.7. The molecule has 0 saturated heterocycles. The van der Waals surface area contributed by atoms with Crippen molar-refractivity contribution in [3.05, 3.63) is 47.2 Å². The Hall–Kier alpha value is -4.39. The third-order valence-electron chi connectivity index (χ3n) is 8.60. The number of nitrogens with one attached hydrogen (secondary N) is 1. The van der Waals surface area contributed by atoms with E-state index in [2.05, 4.69) is 35.1 Å². The number of carboxylic acids is 1. The van der Waals surface area contributed by atoms with E-state index in [0.717, 1.165) is 42.0 Å². The number of benzene rings is 1. The SMILES string of the molecule is CC(=O)OCC(COC(C)=O)OC(=O)CC(C)CC(=O)OC1CCC(N(CC(C)C)c2ccc([C@H](C)CC(=O)O)cc2Nc2ccc(Cl)nc2)CC1. The van der Waals surface area contributed by atoms with Crippen LogP contribution in [0.3, 0.4) is 0 Å². The second kappa shape index (κ2) is 20.6. The van der Waals surface area contributed by atoms with E-state index >= 15 is 0 Å². The first kappa shape index (κ1) is 42.0. The van der Waals surface area contributed by atoms with Crippen LogP contribution in [0.4, 0.5) is 17.1 Å². The molecule has 1 aromatic carbocycles. The van der Waals surface area contributed by atoms with Crippen LogP contribution < -0.4 is 10.2 Å². The van der Waals surface area contributed by atoms with E-state index in [1.165, 1.54) is 13.8 Å². The van der Waals surface area contributed by atoms with Gasteiger partial charge in [-0.05, 0) is 73.3 Å². The Morgan fingerprint density at radius 2 is 1.54 bits per heavy atom. The predicted molar refractivity (Wildman–Crippen MR) is 196 cm³/mol. The molecule has 0 spiro atoms. The molecule has 2 aromatic rings. The molecular formula is C38H52ClN3O10. The number of carbonyl (C=O) groups excluding carboxylic acids is 4. The third-order valence-corrected chi connectivity index (χ3v) is 8.83. The maximum absolute atomic E-state index is 12.9. The van der Waals surface area contributed by atoms with Crippen LogP contribution in [-0.4, -0.2) is 77.9 Å². The molecule has 1 saturated carbocycles. The maximum atomic E-state index is 12.9. The monoisotopic (exact) mass is 745 g/mol. The lowest BCUT2D eigenvalue weighted by Crippen LogP contribution is -2.42. The minimum atomic E-state index is -0.954. The summed E-state index contributed by atoms with van der Waals surface area (Å²) in [5, 5.41) is 13.3. The van der Waals surface area contributed by atoms with E-state index in [1.807, 2.05) is 25.1 Å². The fourth-order valence-corrected chi connectivity index (χ4v) is 6.27. The number of aromatic nitrogens is 1. The summed E-state index contributed by atoms with van der Waals surface area (Å²) in [6, 6.07) is 9.77. The minimum absolute atomic E-state index is 0.0123. The standard InChI is InChI=1S/C38H52ClN3O10/c1-23(2)20-42(34-13-7-28(25(4)17-36(45)46)18-33(34)41-29-8-14-35(39)40-19-29)30-9-11-31(12-10-30)51-37(47)15-24(3)16-38(48)52-32(21-49-26(5)43)22-50-27(6)44/h7-8,13-14,18-19,23-25,30-32,41H,9-12,15-17,20-22H2,1-6H3,(H,45,46)/t24?,25-,30?,31?/m1/s1. The van der Waals surface area contributed by atoms with Crippen molar-refractivity contribution in [3.63, 3.8) is 0 Å². The van der Waals surface area contributed by atoms with Gasteiger partial charge in [0.15, 0.2) is 6.10 Å². The summed E-state index contributed by atoms with van der Waals surface area (Å²) in [5.41, 5.74) is 3.48.